The Kier molecular flexibility index (Phi) is 4.04. The number of hydrogen-bond acceptors (Lipinski definition) is 2. The molecule has 0 aromatic heterocycles. The van der Waals surface area contributed by atoms with Gasteiger partial charge in [-0.15, -0.1) is 0 Å². The van der Waals surface area contributed by atoms with Crippen molar-refractivity contribution in [2.24, 2.45) is 5.41 Å². The van der Waals surface area contributed by atoms with E-state index in [1.54, 1.807) is 0 Å². The van der Waals surface area contributed by atoms with E-state index in [-0.39, 0.29) is 0 Å². The molecule has 2 nitrogen and oxygen atoms in total. The van der Waals surface area contributed by atoms with Crippen molar-refractivity contribution in [3.8, 4) is 0 Å². The average molecular weight is 210 g/mol. The second-order valence-corrected chi connectivity index (χ2v) is 5.47. The Morgan fingerprint density at radius 2 is 1.87 bits per heavy atom. The lowest BCUT2D eigenvalue weighted by Gasteiger charge is -2.15. The van der Waals surface area contributed by atoms with Gasteiger partial charge in [0.15, 0.2) is 0 Å². The fourth-order valence-corrected chi connectivity index (χ4v) is 2.68. The first-order chi connectivity index (χ1) is 7.35. The van der Waals surface area contributed by atoms with Gasteiger partial charge in [-0.2, -0.15) is 0 Å². The molecule has 0 heterocycles. The fourth-order valence-electron chi connectivity index (χ4n) is 2.68. The van der Waals surface area contributed by atoms with Gasteiger partial charge < -0.3 is 10.6 Å². The minimum absolute atomic E-state index is 0.702. The van der Waals surface area contributed by atoms with Crippen LogP contribution in [0.1, 0.15) is 51.9 Å². The molecule has 2 aliphatic carbocycles. The zero-order chi connectivity index (χ0) is 10.6. The number of nitrogens with one attached hydrogen (secondary N) is 2. The molecular formula is C13H26N2. The van der Waals surface area contributed by atoms with Crippen LogP contribution in [0.3, 0.4) is 0 Å². The highest BCUT2D eigenvalue weighted by Crippen LogP contribution is 2.47. The minimum Gasteiger partial charge on any atom is -0.315 e. The normalized spacial score (nSPS) is 24.6. The van der Waals surface area contributed by atoms with Crippen molar-refractivity contribution in [1.29, 1.82) is 0 Å². The summed E-state index contributed by atoms with van der Waals surface area (Å²) in [6.07, 6.45) is 9.93. The highest BCUT2D eigenvalue weighted by Gasteiger charge is 2.39. The third-order valence-electron chi connectivity index (χ3n) is 4.30. The van der Waals surface area contributed by atoms with E-state index in [1.807, 2.05) is 0 Å². The summed E-state index contributed by atoms with van der Waals surface area (Å²) in [6, 6.07) is 0.827. The lowest BCUT2D eigenvalue weighted by atomic mass is 10.0. The summed E-state index contributed by atoms with van der Waals surface area (Å²) >= 11 is 0. The summed E-state index contributed by atoms with van der Waals surface area (Å²) in [5.41, 5.74) is 0.702. The van der Waals surface area contributed by atoms with Gasteiger partial charge in [0, 0.05) is 25.7 Å². The zero-order valence-electron chi connectivity index (χ0n) is 10.1. The molecule has 2 rings (SSSR count). The molecule has 0 unspecified atom stereocenters. The summed E-state index contributed by atoms with van der Waals surface area (Å²) in [7, 11) is 0. The van der Waals surface area contributed by atoms with E-state index in [9.17, 15) is 0 Å². The fraction of sp³-hybridized carbons (Fsp3) is 1.00. The molecule has 15 heavy (non-hydrogen) atoms. The van der Waals surface area contributed by atoms with Gasteiger partial charge >= 0.3 is 0 Å². The predicted molar refractivity (Wildman–Crippen MR) is 65.1 cm³/mol. The maximum Gasteiger partial charge on any atom is 0.00793 e. The zero-order valence-corrected chi connectivity index (χ0v) is 10.1. The molecule has 88 valence electrons. The van der Waals surface area contributed by atoms with Gasteiger partial charge in [0.05, 0.1) is 0 Å². The quantitative estimate of drug-likeness (QED) is 0.630. The van der Waals surface area contributed by atoms with Gasteiger partial charge in [0.2, 0.25) is 0 Å². The van der Waals surface area contributed by atoms with E-state index in [2.05, 4.69) is 17.6 Å². The molecule has 0 saturated heterocycles. The molecular weight excluding hydrogens is 184 g/mol. The standard InChI is InChI=1S/C13H26N2/c1-2-13(7-8-13)11-14-9-10-15-12-5-3-4-6-12/h12,14-15H,2-11H2,1H3. The Labute approximate surface area is 94.2 Å². The molecule has 0 spiro atoms. The maximum atomic E-state index is 3.64. The van der Waals surface area contributed by atoms with Crippen molar-refractivity contribution in [3.05, 3.63) is 0 Å². The highest BCUT2D eigenvalue weighted by atomic mass is 15.0. The maximum absolute atomic E-state index is 3.64. The summed E-state index contributed by atoms with van der Waals surface area (Å²) in [4.78, 5) is 0. The van der Waals surface area contributed by atoms with Gasteiger partial charge in [-0.05, 0) is 37.5 Å². The summed E-state index contributed by atoms with van der Waals surface area (Å²) < 4.78 is 0. The molecule has 2 fully saturated rings. The first kappa shape index (κ1) is 11.4. The smallest absolute Gasteiger partial charge is 0.00793 e. The van der Waals surface area contributed by atoms with Crippen LogP contribution in [0.15, 0.2) is 0 Å². The Balaban J connectivity index is 1.45. The summed E-state index contributed by atoms with van der Waals surface area (Å²) in [6.45, 7) is 5.88. The summed E-state index contributed by atoms with van der Waals surface area (Å²) in [5, 5.41) is 7.24. The lowest BCUT2D eigenvalue weighted by molar-refractivity contribution is 0.432. The average Bonchev–Trinajstić information content (AvgIpc) is 2.85. The Hall–Kier alpha value is -0.0800. The molecule has 0 amide bonds. The Bertz CT molecular complexity index is 181. The topological polar surface area (TPSA) is 24.1 Å². The minimum atomic E-state index is 0.702. The van der Waals surface area contributed by atoms with E-state index >= 15 is 0 Å². The van der Waals surface area contributed by atoms with E-state index in [0.29, 0.717) is 5.41 Å². The van der Waals surface area contributed by atoms with Crippen molar-refractivity contribution >= 4 is 0 Å². The van der Waals surface area contributed by atoms with Gasteiger partial charge in [0.1, 0.15) is 0 Å². The van der Waals surface area contributed by atoms with Crippen LogP contribution in [0.2, 0.25) is 0 Å². The second kappa shape index (κ2) is 5.31. The molecule has 2 aliphatic rings. The molecule has 0 aromatic carbocycles. The Morgan fingerprint density at radius 1 is 1.13 bits per heavy atom. The molecule has 0 atom stereocenters. The van der Waals surface area contributed by atoms with Crippen LogP contribution in [-0.4, -0.2) is 25.7 Å². The third kappa shape index (κ3) is 3.46. The second-order valence-electron chi connectivity index (χ2n) is 5.47. The van der Waals surface area contributed by atoms with Crippen molar-refractivity contribution < 1.29 is 0 Å². The Morgan fingerprint density at radius 3 is 2.47 bits per heavy atom. The first-order valence-corrected chi connectivity index (χ1v) is 6.79. The van der Waals surface area contributed by atoms with Crippen LogP contribution in [-0.2, 0) is 0 Å². The monoisotopic (exact) mass is 210 g/mol. The van der Waals surface area contributed by atoms with Gasteiger partial charge in [-0.1, -0.05) is 19.8 Å². The SMILES string of the molecule is CCC1(CNCCNC2CCCC2)CC1. The van der Waals surface area contributed by atoms with Gasteiger partial charge in [-0.3, -0.25) is 0 Å². The molecule has 0 radical (unpaired) electrons. The molecule has 2 heteroatoms. The first-order valence-electron chi connectivity index (χ1n) is 6.79. The van der Waals surface area contributed by atoms with Crippen LogP contribution < -0.4 is 10.6 Å². The molecule has 2 N–H and O–H groups in total. The van der Waals surface area contributed by atoms with Crippen LogP contribution in [0.25, 0.3) is 0 Å². The highest BCUT2D eigenvalue weighted by molar-refractivity contribution is 4.93. The molecule has 0 bridgehead atoms. The van der Waals surface area contributed by atoms with E-state index in [1.165, 1.54) is 51.5 Å². The van der Waals surface area contributed by atoms with Crippen LogP contribution >= 0.6 is 0 Å². The lowest BCUT2D eigenvalue weighted by Crippen LogP contribution is -2.35. The number of rotatable bonds is 7. The van der Waals surface area contributed by atoms with Crippen LogP contribution in [0.5, 0.6) is 0 Å². The number of hydrogen-bond donors (Lipinski definition) is 2. The van der Waals surface area contributed by atoms with Crippen LogP contribution in [0, 0.1) is 5.41 Å². The van der Waals surface area contributed by atoms with Crippen molar-refractivity contribution in [2.75, 3.05) is 19.6 Å². The van der Waals surface area contributed by atoms with Crippen LogP contribution in [0.4, 0.5) is 0 Å². The van der Waals surface area contributed by atoms with E-state index in [0.717, 1.165) is 19.1 Å². The molecule has 2 saturated carbocycles. The third-order valence-corrected chi connectivity index (χ3v) is 4.30. The van der Waals surface area contributed by atoms with Crippen molar-refractivity contribution in [3.63, 3.8) is 0 Å². The van der Waals surface area contributed by atoms with Crippen molar-refractivity contribution in [1.82, 2.24) is 10.6 Å². The molecule has 0 aliphatic heterocycles. The summed E-state index contributed by atoms with van der Waals surface area (Å²) in [5.74, 6) is 0. The van der Waals surface area contributed by atoms with Crippen molar-refractivity contribution in [2.45, 2.75) is 57.9 Å². The van der Waals surface area contributed by atoms with E-state index < -0.39 is 0 Å². The van der Waals surface area contributed by atoms with E-state index in [4.69, 9.17) is 0 Å². The van der Waals surface area contributed by atoms with Gasteiger partial charge in [-0.25, -0.2) is 0 Å². The van der Waals surface area contributed by atoms with Gasteiger partial charge in [0.25, 0.3) is 0 Å². The molecule has 0 aromatic rings. The predicted octanol–water partition coefficient (Wildman–Crippen LogP) is 2.30. The largest absolute Gasteiger partial charge is 0.315 e.